The van der Waals surface area contributed by atoms with Gasteiger partial charge in [0.15, 0.2) is 0 Å². The number of benzene rings is 1. The number of carbonyl (C=O) groups excluding carboxylic acids is 1. The summed E-state index contributed by atoms with van der Waals surface area (Å²) in [5, 5.41) is 2.75. The standard InChI is InChI=1S/C13H15NO2/c1-4-11(15)14-10-7-5-6-9-8-13(2,3)16-12(9)10/h4-7H,1,8H2,2-3H3,(H,14,15). The lowest BCUT2D eigenvalue weighted by atomic mass is 10.0. The van der Waals surface area contributed by atoms with E-state index < -0.39 is 0 Å². The molecule has 0 unspecified atom stereocenters. The zero-order chi connectivity index (χ0) is 11.8. The van der Waals surface area contributed by atoms with Crippen LogP contribution in [0.4, 0.5) is 5.69 Å². The van der Waals surface area contributed by atoms with E-state index in [9.17, 15) is 4.79 Å². The molecule has 1 N–H and O–H groups in total. The molecule has 16 heavy (non-hydrogen) atoms. The zero-order valence-corrected chi connectivity index (χ0v) is 9.54. The van der Waals surface area contributed by atoms with Crippen molar-refractivity contribution >= 4 is 11.6 Å². The average Bonchev–Trinajstić information content (AvgIpc) is 2.53. The second-order valence-corrected chi connectivity index (χ2v) is 4.53. The molecule has 84 valence electrons. The highest BCUT2D eigenvalue weighted by molar-refractivity contribution is 6.00. The van der Waals surface area contributed by atoms with E-state index in [1.807, 2.05) is 32.0 Å². The first-order valence-corrected chi connectivity index (χ1v) is 5.26. The van der Waals surface area contributed by atoms with E-state index >= 15 is 0 Å². The Labute approximate surface area is 95.1 Å². The normalized spacial score (nSPS) is 16.1. The number of ether oxygens (including phenoxy) is 1. The lowest BCUT2D eigenvalue weighted by Crippen LogP contribution is -2.25. The summed E-state index contributed by atoms with van der Waals surface area (Å²) in [4.78, 5) is 11.3. The Morgan fingerprint density at radius 1 is 1.56 bits per heavy atom. The number of amides is 1. The summed E-state index contributed by atoms with van der Waals surface area (Å²) >= 11 is 0. The van der Waals surface area contributed by atoms with Crippen LogP contribution in [0, 0.1) is 0 Å². The Morgan fingerprint density at radius 3 is 3.00 bits per heavy atom. The van der Waals surface area contributed by atoms with Gasteiger partial charge in [-0.05, 0) is 26.0 Å². The van der Waals surface area contributed by atoms with Crippen molar-refractivity contribution in [1.29, 1.82) is 0 Å². The third-order valence-electron chi connectivity index (χ3n) is 2.53. The quantitative estimate of drug-likeness (QED) is 0.773. The molecule has 0 saturated heterocycles. The van der Waals surface area contributed by atoms with Gasteiger partial charge in [-0.3, -0.25) is 4.79 Å². The molecule has 0 spiro atoms. The van der Waals surface area contributed by atoms with E-state index in [0.717, 1.165) is 17.7 Å². The molecule has 1 aromatic rings. The molecule has 3 heteroatoms. The van der Waals surface area contributed by atoms with Gasteiger partial charge in [0.25, 0.3) is 0 Å². The molecule has 0 aromatic heterocycles. The number of rotatable bonds is 2. The van der Waals surface area contributed by atoms with Gasteiger partial charge in [0.2, 0.25) is 5.91 Å². The highest BCUT2D eigenvalue weighted by Gasteiger charge is 2.31. The number of anilines is 1. The van der Waals surface area contributed by atoms with Crippen LogP contribution in [-0.2, 0) is 11.2 Å². The predicted octanol–water partition coefficient (Wildman–Crippen LogP) is 2.52. The Morgan fingerprint density at radius 2 is 2.31 bits per heavy atom. The van der Waals surface area contributed by atoms with E-state index in [1.165, 1.54) is 6.08 Å². The van der Waals surface area contributed by atoms with Crippen LogP contribution in [-0.4, -0.2) is 11.5 Å². The highest BCUT2D eigenvalue weighted by Crippen LogP contribution is 2.40. The summed E-state index contributed by atoms with van der Waals surface area (Å²) < 4.78 is 5.82. The van der Waals surface area contributed by atoms with Crippen molar-refractivity contribution in [3.05, 3.63) is 36.4 Å². The first-order valence-electron chi connectivity index (χ1n) is 5.26. The monoisotopic (exact) mass is 217 g/mol. The Bertz CT molecular complexity index is 449. The average molecular weight is 217 g/mol. The summed E-state index contributed by atoms with van der Waals surface area (Å²) in [5.74, 6) is 0.560. The molecular weight excluding hydrogens is 202 g/mol. The van der Waals surface area contributed by atoms with Gasteiger partial charge in [0.1, 0.15) is 11.4 Å². The molecule has 1 heterocycles. The fourth-order valence-electron chi connectivity index (χ4n) is 1.90. The first-order chi connectivity index (χ1) is 7.52. The fourth-order valence-corrected chi connectivity index (χ4v) is 1.90. The number of hydrogen-bond acceptors (Lipinski definition) is 2. The van der Waals surface area contributed by atoms with Gasteiger partial charge in [-0.1, -0.05) is 18.7 Å². The molecule has 0 atom stereocenters. The van der Waals surface area contributed by atoms with Crippen LogP contribution < -0.4 is 10.1 Å². The SMILES string of the molecule is C=CC(=O)Nc1cccc2c1OC(C)(C)C2. The van der Waals surface area contributed by atoms with Gasteiger partial charge in [-0.25, -0.2) is 0 Å². The second kappa shape index (κ2) is 3.67. The summed E-state index contributed by atoms with van der Waals surface area (Å²) in [6.07, 6.45) is 2.11. The highest BCUT2D eigenvalue weighted by atomic mass is 16.5. The molecule has 3 nitrogen and oxygen atoms in total. The van der Waals surface area contributed by atoms with Gasteiger partial charge >= 0.3 is 0 Å². The molecule has 1 aromatic carbocycles. The van der Waals surface area contributed by atoms with Crippen molar-refractivity contribution in [2.75, 3.05) is 5.32 Å². The van der Waals surface area contributed by atoms with Crippen molar-refractivity contribution in [3.63, 3.8) is 0 Å². The van der Waals surface area contributed by atoms with Crippen LogP contribution in [0.3, 0.4) is 0 Å². The van der Waals surface area contributed by atoms with Crippen molar-refractivity contribution < 1.29 is 9.53 Å². The number of fused-ring (bicyclic) bond motifs is 1. The summed E-state index contributed by atoms with van der Waals surface area (Å²) in [7, 11) is 0. The van der Waals surface area contributed by atoms with Crippen LogP contribution in [0.5, 0.6) is 5.75 Å². The minimum Gasteiger partial charge on any atom is -0.485 e. The lowest BCUT2D eigenvalue weighted by Gasteiger charge is -2.18. The van der Waals surface area contributed by atoms with Crippen LogP contribution in [0.15, 0.2) is 30.9 Å². The topological polar surface area (TPSA) is 38.3 Å². The molecule has 0 saturated carbocycles. The van der Waals surface area contributed by atoms with E-state index in [1.54, 1.807) is 0 Å². The molecule has 0 fully saturated rings. The van der Waals surface area contributed by atoms with Gasteiger partial charge in [0.05, 0.1) is 5.69 Å². The number of nitrogens with one attached hydrogen (secondary N) is 1. The maximum absolute atomic E-state index is 11.3. The summed E-state index contributed by atoms with van der Waals surface area (Å²) in [6.45, 7) is 7.49. The minimum absolute atomic E-state index is 0.197. The molecule has 0 radical (unpaired) electrons. The molecule has 0 bridgehead atoms. The second-order valence-electron chi connectivity index (χ2n) is 4.53. The van der Waals surface area contributed by atoms with E-state index in [4.69, 9.17) is 4.74 Å². The van der Waals surface area contributed by atoms with Gasteiger partial charge in [0, 0.05) is 12.0 Å². The summed E-state index contributed by atoms with van der Waals surface area (Å²) in [5.41, 5.74) is 1.65. The van der Waals surface area contributed by atoms with Crippen molar-refractivity contribution in [3.8, 4) is 5.75 Å². The molecule has 1 aliphatic rings. The smallest absolute Gasteiger partial charge is 0.247 e. The van der Waals surface area contributed by atoms with E-state index in [2.05, 4.69) is 11.9 Å². The van der Waals surface area contributed by atoms with Gasteiger partial charge < -0.3 is 10.1 Å². The molecule has 2 rings (SSSR count). The van der Waals surface area contributed by atoms with Crippen LogP contribution >= 0.6 is 0 Å². The largest absolute Gasteiger partial charge is 0.485 e. The van der Waals surface area contributed by atoms with Crippen molar-refractivity contribution in [2.45, 2.75) is 25.9 Å². The maximum atomic E-state index is 11.3. The first kappa shape index (κ1) is 10.7. The zero-order valence-electron chi connectivity index (χ0n) is 9.54. The third-order valence-corrected chi connectivity index (χ3v) is 2.53. The van der Waals surface area contributed by atoms with Crippen LogP contribution in [0.2, 0.25) is 0 Å². The Hall–Kier alpha value is -1.77. The maximum Gasteiger partial charge on any atom is 0.247 e. The minimum atomic E-state index is -0.221. The van der Waals surface area contributed by atoms with E-state index in [-0.39, 0.29) is 11.5 Å². The van der Waals surface area contributed by atoms with Crippen LogP contribution in [0.1, 0.15) is 19.4 Å². The van der Waals surface area contributed by atoms with Gasteiger partial charge in [-0.15, -0.1) is 0 Å². The molecule has 0 aliphatic carbocycles. The number of hydrogen-bond donors (Lipinski definition) is 1. The third kappa shape index (κ3) is 1.94. The predicted molar refractivity (Wildman–Crippen MR) is 63.7 cm³/mol. The number of para-hydroxylation sites is 1. The molecular formula is C13H15NO2. The van der Waals surface area contributed by atoms with Crippen molar-refractivity contribution in [2.24, 2.45) is 0 Å². The Balaban J connectivity index is 2.33. The molecule has 1 amide bonds. The summed E-state index contributed by atoms with van der Waals surface area (Å²) in [6, 6.07) is 5.78. The molecule has 1 aliphatic heterocycles. The van der Waals surface area contributed by atoms with Crippen LogP contribution in [0.25, 0.3) is 0 Å². The van der Waals surface area contributed by atoms with Gasteiger partial charge in [-0.2, -0.15) is 0 Å². The Kier molecular flexibility index (Phi) is 2.46. The lowest BCUT2D eigenvalue weighted by molar-refractivity contribution is -0.111. The number of carbonyl (C=O) groups is 1. The van der Waals surface area contributed by atoms with E-state index in [0.29, 0.717) is 5.69 Å². The van der Waals surface area contributed by atoms with Crippen molar-refractivity contribution in [1.82, 2.24) is 0 Å². The fraction of sp³-hybridized carbons (Fsp3) is 0.308.